The Balaban J connectivity index is 0.000000941. The number of hydrogen-bond donors (Lipinski definition) is 2. The van der Waals surface area contributed by atoms with E-state index in [-0.39, 0.29) is 24.1 Å². The predicted octanol–water partition coefficient (Wildman–Crippen LogP) is 1.84. The largest absolute Gasteiger partial charge is 0.493 e. The molecule has 1 amide bonds. The predicted molar refractivity (Wildman–Crippen MR) is 103 cm³/mol. The van der Waals surface area contributed by atoms with E-state index in [2.05, 4.69) is 0 Å². The third-order valence-electron chi connectivity index (χ3n) is 4.77. The molecule has 0 spiro atoms. The van der Waals surface area contributed by atoms with Gasteiger partial charge in [0.05, 0.1) is 6.61 Å². The average molecular weight is 424 g/mol. The fraction of sp³-hybridized carbons (Fsp3) is 0.368. The first kappa shape index (κ1) is 22.4. The molecular weight excluding hydrogens is 403 g/mol. The molecule has 0 fully saturated rings. The SMILES string of the molecule is CC(C)(CCn1cc(F)c(-c2ccc3c(c2)CCO3)cc1=O)C(=O)NO.O=S=O. The number of carbonyl (C=O) groups excluding carboxylic acids is 1. The molecule has 2 heterocycles. The highest BCUT2D eigenvalue weighted by atomic mass is 32.1. The van der Waals surface area contributed by atoms with E-state index in [9.17, 15) is 14.0 Å². The van der Waals surface area contributed by atoms with Crippen LogP contribution in [0.25, 0.3) is 11.1 Å². The number of carbonyl (C=O) groups is 1. The van der Waals surface area contributed by atoms with Gasteiger partial charge in [-0.1, -0.05) is 19.9 Å². The highest BCUT2D eigenvalue weighted by Crippen LogP contribution is 2.31. The number of fused-ring (bicyclic) bond motifs is 1. The fourth-order valence-corrected chi connectivity index (χ4v) is 2.96. The van der Waals surface area contributed by atoms with Crippen LogP contribution in [0.4, 0.5) is 4.39 Å². The number of nitrogens with zero attached hydrogens (tertiary/aromatic N) is 1. The molecule has 0 saturated heterocycles. The Morgan fingerprint density at radius 1 is 1.34 bits per heavy atom. The van der Waals surface area contributed by atoms with Crippen molar-refractivity contribution in [1.29, 1.82) is 0 Å². The maximum absolute atomic E-state index is 14.6. The van der Waals surface area contributed by atoms with Crippen molar-refractivity contribution in [3.8, 4) is 16.9 Å². The second-order valence-electron chi connectivity index (χ2n) is 7.13. The van der Waals surface area contributed by atoms with Gasteiger partial charge in [-0.15, -0.1) is 0 Å². The van der Waals surface area contributed by atoms with Crippen LogP contribution in [0, 0.1) is 11.2 Å². The van der Waals surface area contributed by atoms with Gasteiger partial charge in [0.15, 0.2) is 0 Å². The number of benzene rings is 1. The zero-order chi connectivity index (χ0) is 21.6. The Kier molecular flexibility index (Phi) is 7.40. The number of amides is 1. The molecule has 3 rings (SSSR count). The number of hydroxylamine groups is 1. The lowest BCUT2D eigenvalue weighted by atomic mass is 9.88. The number of pyridine rings is 1. The molecule has 0 unspecified atom stereocenters. The van der Waals surface area contributed by atoms with Crippen molar-refractivity contribution in [3.63, 3.8) is 0 Å². The summed E-state index contributed by atoms with van der Waals surface area (Å²) in [4.78, 5) is 24.0. The molecule has 0 saturated carbocycles. The van der Waals surface area contributed by atoms with Crippen LogP contribution in [0.1, 0.15) is 25.8 Å². The maximum atomic E-state index is 14.6. The molecule has 0 radical (unpaired) electrons. The summed E-state index contributed by atoms with van der Waals surface area (Å²) >= 11 is -0.750. The van der Waals surface area contributed by atoms with Crippen LogP contribution in [0.5, 0.6) is 5.75 Å². The van der Waals surface area contributed by atoms with Crippen molar-refractivity contribution in [2.45, 2.75) is 33.2 Å². The van der Waals surface area contributed by atoms with Gasteiger partial charge in [0.25, 0.3) is 5.56 Å². The average Bonchev–Trinajstić information content (AvgIpc) is 3.16. The summed E-state index contributed by atoms with van der Waals surface area (Å²) in [5.74, 6) is -0.261. The van der Waals surface area contributed by atoms with Crippen molar-refractivity contribution in [2.24, 2.45) is 5.41 Å². The number of nitrogens with one attached hydrogen (secondary N) is 1. The maximum Gasteiger partial charge on any atom is 0.335 e. The van der Waals surface area contributed by atoms with Gasteiger partial charge < -0.3 is 9.30 Å². The molecule has 1 aliphatic heterocycles. The first-order valence-electron chi connectivity index (χ1n) is 8.76. The van der Waals surface area contributed by atoms with E-state index in [1.807, 2.05) is 6.07 Å². The van der Waals surface area contributed by atoms with Crippen LogP contribution >= 0.6 is 0 Å². The van der Waals surface area contributed by atoms with E-state index < -0.39 is 28.7 Å². The zero-order valence-electron chi connectivity index (χ0n) is 15.9. The van der Waals surface area contributed by atoms with Crippen LogP contribution in [0.2, 0.25) is 0 Å². The third kappa shape index (κ3) is 5.36. The molecule has 1 aromatic heterocycles. The van der Waals surface area contributed by atoms with Crippen molar-refractivity contribution >= 4 is 17.5 Å². The molecule has 0 aliphatic carbocycles. The van der Waals surface area contributed by atoms with E-state index in [0.29, 0.717) is 12.2 Å². The highest BCUT2D eigenvalue weighted by Gasteiger charge is 2.27. The summed E-state index contributed by atoms with van der Waals surface area (Å²) in [5.41, 5.74) is 2.26. The Hall–Kier alpha value is -2.85. The van der Waals surface area contributed by atoms with Gasteiger partial charge in [0.2, 0.25) is 5.91 Å². The molecule has 156 valence electrons. The summed E-state index contributed by atoms with van der Waals surface area (Å²) < 4.78 is 37.9. The Labute approximate surface area is 169 Å². The van der Waals surface area contributed by atoms with E-state index in [1.165, 1.54) is 10.6 Å². The van der Waals surface area contributed by atoms with E-state index in [0.717, 1.165) is 23.9 Å². The van der Waals surface area contributed by atoms with Gasteiger partial charge in [0, 0.05) is 36.2 Å². The topological polar surface area (TPSA) is 115 Å². The zero-order valence-corrected chi connectivity index (χ0v) is 16.8. The minimum atomic E-state index is -0.886. The number of halogens is 1. The molecular formula is C19H21FN2O6S. The van der Waals surface area contributed by atoms with Crippen molar-refractivity contribution < 1.29 is 27.5 Å². The van der Waals surface area contributed by atoms with Crippen molar-refractivity contribution in [3.05, 3.63) is 52.2 Å². The van der Waals surface area contributed by atoms with Crippen LogP contribution < -0.4 is 15.8 Å². The van der Waals surface area contributed by atoms with Gasteiger partial charge in [-0.05, 0) is 29.7 Å². The van der Waals surface area contributed by atoms with Gasteiger partial charge in [-0.25, -0.2) is 9.87 Å². The Morgan fingerprint density at radius 2 is 2.03 bits per heavy atom. The lowest BCUT2D eigenvalue weighted by Gasteiger charge is -2.22. The van der Waals surface area contributed by atoms with Gasteiger partial charge >= 0.3 is 11.6 Å². The summed E-state index contributed by atoms with van der Waals surface area (Å²) in [6, 6.07) is 6.64. The van der Waals surface area contributed by atoms with Crippen LogP contribution in [-0.4, -0.2) is 30.7 Å². The lowest BCUT2D eigenvalue weighted by Crippen LogP contribution is -2.36. The normalized spacial score (nSPS) is 12.3. The van der Waals surface area contributed by atoms with Gasteiger partial charge in [-0.2, -0.15) is 8.42 Å². The van der Waals surface area contributed by atoms with Crippen molar-refractivity contribution in [2.75, 3.05) is 6.61 Å². The monoisotopic (exact) mass is 424 g/mol. The molecule has 1 aromatic carbocycles. The molecule has 10 heteroatoms. The minimum absolute atomic E-state index is 0.161. The second kappa shape index (κ2) is 9.57. The number of aryl methyl sites for hydroxylation is 1. The Morgan fingerprint density at radius 3 is 2.69 bits per heavy atom. The molecule has 29 heavy (non-hydrogen) atoms. The second-order valence-corrected chi connectivity index (χ2v) is 7.27. The third-order valence-corrected chi connectivity index (χ3v) is 4.77. The van der Waals surface area contributed by atoms with Crippen molar-refractivity contribution in [1.82, 2.24) is 10.0 Å². The Bertz CT molecular complexity index is 999. The van der Waals surface area contributed by atoms with Crippen LogP contribution in [0.3, 0.4) is 0 Å². The fourth-order valence-electron chi connectivity index (χ4n) is 2.96. The molecule has 2 N–H and O–H groups in total. The first-order chi connectivity index (χ1) is 13.7. The summed E-state index contributed by atoms with van der Waals surface area (Å²) in [7, 11) is 0. The van der Waals surface area contributed by atoms with Crippen LogP contribution in [0.15, 0.2) is 35.3 Å². The van der Waals surface area contributed by atoms with E-state index in [1.54, 1.807) is 31.5 Å². The number of aromatic nitrogens is 1. The molecule has 0 atom stereocenters. The standard InChI is InChI=1S/C19H21FN2O4.O2S/c1-19(2,18(24)21-25)6-7-22-11-15(20)14(10-17(22)23)12-3-4-16-13(9-12)5-8-26-16;1-3-2/h3-4,9-11,25H,5-8H2,1-2H3,(H,21,24);. The smallest absolute Gasteiger partial charge is 0.335 e. The minimum Gasteiger partial charge on any atom is -0.493 e. The highest BCUT2D eigenvalue weighted by molar-refractivity contribution is 7.51. The number of rotatable bonds is 5. The molecule has 8 nitrogen and oxygen atoms in total. The van der Waals surface area contributed by atoms with Crippen LogP contribution in [-0.2, 0) is 29.3 Å². The lowest BCUT2D eigenvalue weighted by molar-refractivity contribution is -0.138. The van der Waals surface area contributed by atoms with Gasteiger partial charge in [-0.3, -0.25) is 14.8 Å². The number of hydrogen-bond acceptors (Lipinski definition) is 6. The molecule has 2 aromatic rings. The molecule has 0 bridgehead atoms. The summed E-state index contributed by atoms with van der Waals surface area (Å²) in [6.45, 7) is 4.05. The first-order valence-corrected chi connectivity index (χ1v) is 9.42. The quantitative estimate of drug-likeness (QED) is 0.559. The van der Waals surface area contributed by atoms with E-state index in [4.69, 9.17) is 18.4 Å². The van der Waals surface area contributed by atoms with E-state index >= 15 is 0 Å². The summed E-state index contributed by atoms with van der Waals surface area (Å²) in [5, 5.41) is 8.76. The summed E-state index contributed by atoms with van der Waals surface area (Å²) in [6.07, 6.45) is 2.20. The number of ether oxygens (including phenoxy) is 1. The van der Waals surface area contributed by atoms with Gasteiger partial charge in [0.1, 0.15) is 11.6 Å². The molecule has 1 aliphatic rings.